The average molecular weight is 181 g/mol. The molecule has 13 heavy (non-hydrogen) atoms. The highest BCUT2D eigenvalue weighted by Gasteiger charge is 1.98. The van der Waals surface area contributed by atoms with E-state index in [1.165, 1.54) is 12.2 Å². The first-order chi connectivity index (χ1) is 6.24. The Kier molecular flexibility index (Phi) is 3.31. The standard InChI is InChI=1S/C10H7F2O/c11-9-4-5-10(12)8(7-9)3-1-2-6-13/h1,3-5,7H,2H2. The molecule has 0 fully saturated rings. The Morgan fingerprint density at radius 1 is 1.38 bits per heavy atom. The Morgan fingerprint density at radius 2 is 2.15 bits per heavy atom. The monoisotopic (exact) mass is 181 g/mol. The second-order valence-electron chi connectivity index (χ2n) is 2.42. The molecule has 0 amide bonds. The molecule has 0 saturated carbocycles. The van der Waals surface area contributed by atoms with Gasteiger partial charge < -0.3 is 0 Å². The second kappa shape index (κ2) is 4.50. The summed E-state index contributed by atoms with van der Waals surface area (Å²) in [6, 6.07) is 3.15. The van der Waals surface area contributed by atoms with E-state index in [2.05, 4.69) is 0 Å². The van der Waals surface area contributed by atoms with Gasteiger partial charge >= 0.3 is 0 Å². The summed E-state index contributed by atoms with van der Waals surface area (Å²) in [6.07, 6.45) is 4.47. The Hall–Kier alpha value is -1.51. The van der Waals surface area contributed by atoms with Crippen molar-refractivity contribution in [1.82, 2.24) is 0 Å². The highest BCUT2D eigenvalue weighted by Crippen LogP contribution is 2.11. The van der Waals surface area contributed by atoms with E-state index in [1.807, 2.05) is 0 Å². The van der Waals surface area contributed by atoms with E-state index in [0.717, 1.165) is 18.2 Å². The van der Waals surface area contributed by atoms with Gasteiger partial charge in [0.15, 0.2) is 0 Å². The van der Waals surface area contributed by atoms with Gasteiger partial charge in [0, 0.05) is 12.0 Å². The lowest BCUT2D eigenvalue weighted by Gasteiger charge is -1.95. The molecule has 1 aromatic rings. The summed E-state index contributed by atoms with van der Waals surface area (Å²) in [7, 11) is 0. The SMILES string of the molecule is O=[C]CC=Cc1cc(F)ccc1F. The van der Waals surface area contributed by atoms with Crippen molar-refractivity contribution in [3.63, 3.8) is 0 Å². The number of halogens is 2. The summed E-state index contributed by atoms with van der Waals surface area (Å²) in [6.45, 7) is 0. The third kappa shape index (κ3) is 2.78. The fourth-order valence-corrected chi connectivity index (χ4v) is 0.876. The quantitative estimate of drug-likeness (QED) is 0.700. The minimum atomic E-state index is -0.511. The summed E-state index contributed by atoms with van der Waals surface area (Å²) in [4.78, 5) is 9.80. The number of hydrogen-bond donors (Lipinski definition) is 0. The van der Waals surface area contributed by atoms with E-state index >= 15 is 0 Å². The van der Waals surface area contributed by atoms with Crippen LogP contribution in [0.25, 0.3) is 6.08 Å². The molecule has 67 valence electrons. The van der Waals surface area contributed by atoms with Crippen LogP contribution in [0.5, 0.6) is 0 Å². The smallest absolute Gasteiger partial charge is 0.202 e. The van der Waals surface area contributed by atoms with Crippen LogP contribution in [-0.4, -0.2) is 6.29 Å². The summed E-state index contributed by atoms with van der Waals surface area (Å²) in [5.41, 5.74) is 0.134. The molecule has 0 aromatic heterocycles. The number of carbonyl (C=O) groups excluding carboxylic acids is 1. The molecule has 3 heteroatoms. The zero-order chi connectivity index (χ0) is 9.68. The van der Waals surface area contributed by atoms with Crippen molar-refractivity contribution in [1.29, 1.82) is 0 Å². The first-order valence-electron chi connectivity index (χ1n) is 3.70. The van der Waals surface area contributed by atoms with Gasteiger partial charge in [0.25, 0.3) is 0 Å². The van der Waals surface area contributed by atoms with Gasteiger partial charge in [0.1, 0.15) is 11.6 Å². The van der Waals surface area contributed by atoms with Crippen LogP contribution < -0.4 is 0 Å². The van der Waals surface area contributed by atoms with Crippen molar-refractivity contribution in [3.05, 3.63) is 41.5 Å². The van der Waals surface area contributed by atoms with Crippen LogP contribution in [0.15, 0.2) is 24.3 Å². The molecule has 0 spiro atoms. The Morgan fingerprint density at radius 3 is 2.85 bits per heavy atom. The maximum absolute atomic E-state index is 12.9. The van der Waals surface area contributed by atoms with Crippen LogP contribution in [0.2, 0.25) is 0 Å². The molecule has 0 atom stereocenters. The minimum Gasteiger partial charge on any atom is -0.291 e. The summed E-state index contributed by atoms with van der Waals surface area (Å²) in [5.74, 6) is -1.01. The first kappa shape index (κ1) is 9.58. The Labute approximate surface area is 74.7 Å². The predicted molar refractivity (Wildman–Crippen MR) is 45.7 cm³/mol. The van der Waals surface area contributed by atoms with Crippen LogP contribution in [0.1, 0.15) is 12.0 Å². The van der Waals surface area contributed by atoms with Crippen molar-refractivity contribution in [2.24, 2.45) is 0 Å². The van der Waals surface area contributed by atoms with Crippen molar-refractivity contribution < 1.29 is 13.6 Å². The average Bonchev–Trinajstić information content (AvgIpc) is 2.11. The number of rotatable bonds is 3. The predicted octanol–water partition coefficient (Wildman–Crippen LogP) is 2.48. The summed E-state index contributed by atoms with van der Waals surface area (Å²) < 4.78 is 25.5. The molecular weight excluding hydrogens is 174 g/mol. The summed E-state index contributed by atoms with van der Waals surface area (Å²) in [5, 5.41) is 0. The van der Waals surface area contributed by atoms with Crippen LogP contribution in [0.3, 0.4) is 0 Å². The zero-order valence-corrected chi connectivity index (χ0v) is 6.76. The Bertz CT molecular complexity index is 332. The second-order valence-corrected chi connectivity index (χ2v) is 2.42. The van der Waals surface area contributed by atoms with Crippen molar-refractivity contribution >= 4 is 12.4 Å². The minimum absolute atomic E-state index is 0.0793. The highest BCUT2D eigenvalue weighted by molar-refractivity contribution is 5.58. The molecule has 0 N–H and O–H groups in total. The van der Waals surface area contributed by atoms with Gasteiger partial charge in [-0.2, -0.15) is 0 Å². The van der Waals surface area contributed by atoms with Crippen molar-refractivity contribution in [3.8, 4) is 0 Å². The van der Waals surface area contributed by atoms with Gasteiger partial charge in [0.05, 0.1) is 0 Å². The number of hydrogen-bond acceptors (Lipinski definition) is 1. The molecule has 1 aromatic carbocycles. The third-order valence-electron chi connectivity index (χ3n) is 1.46. The highest BCUT2D eigenvalue weighted by atomic mass is 19.1. The van der Waals surface area contributed by atoms with Crippen molar-refractivity contribution in [2.45, 2.75) is 6.42 Å². The molecule has 1 nitrogen and oxygen atoms in total. The van der Waals surface area contributed by atoms with Crippen molar-refractivity contribution in [2.75, 3.05) is 0 Å². The molecule has 1 rings (SSSR count). The lowest BCUT2D eigenvalue weighted by Crippen LogP contribution is -1.83. The maximum atomic E-state index is 12.9. The third-order valence-corrected chi connectivity index (χ3v) is 1.46. The fourth-order valence-electron chi connectivity index (χ4n) is 0.876. The topological polar surface area (TPSA) is 17.1 Å². The van der Waals surface area contributed by atoms with Gasteiger partial charge in [-0.25, -0.2) is 8.78 Å². The van der Waals surface area contributed by atoms with Crippen LogP contribution in [0, 0.1) is 11.6 Å². The van der Waals surface area contributed by atoms with Gasteiger partial charge in [-0.1, -0.05) is 12.2 Å². The normalized spacial score (nSPS) is 10.6. The molecule has 0 aliphatic heterocycles. The van der Waals surface area contributed by atoms with Gasteiger partial charge in [-0.3, -0.25) is 4.79 Å². The Balaban J connectivity index is 2.86. The maximum Gasteiger partial charge on any atom is 0.202 e. The molecule has 0 heterocycles. The van der Waals surface area contributed by atoms with Crippen LogP contribution in [-0.2, 0) is 4.79 Å². The van der Waals surface area contributed by atoms with Gasteiger partial charge in [-0.15, -0.1) is 0 Å². The van der Waals surface area contributed by atoms with E-state index in [0.29, 0.717) is 0 Å². The van der Waals surface area contributed by atoms with Crippen LogP contribution in [0.4, 0.5) is 8.78 Å². The molecule has 0 aliphatic carbocycles. The fraction of sp³-hybridized carbons (Fsp3) is 0.100. The number of benzene rings is 1. The number of allylic oxidation sites excluding steroid dienone is 1. The largest absolute Gasteiger partial charge is 0.291 e. The van der Waals surface area contributed by atoms with E-state index in [4.69, 9.17) is 0 Å². The summed E-state index contributed by atoms with van der Waals surface area (Å²) >= 11 is 0. The van der Waals surface area contributed by atoms with Gasteiger partial charge in [0.2, 0.25) is 6.29 Å². The van der Waals surface area contributed by atoms with E-state index in [-0.39, 0.29) is 12.0 Å². The molecular formula is C10H7F2O. The van der Waals surface area contributed by atoms with Crippen LogP contribution >= 0.6 is 0 Å². The van der Waals surface area contributed by atoms with E-state index in [1.54, 1.807) is 6.29 Å². The lowest BCUT2D eigenvalue weighted by molar-refractivity contribution is 0.556. The van der Waals surface area contributed by atoms with E-state index in [9.17, 15) is 13.6 Å². The molecule has 0 unspecified atom stereocenters. The molecule has 1 radical (unpaired) electrons. The molecule has 0 saturated heterocycles. The van der Waals surface area contributed by atoms with Gasteiger partial charge in [-0.05, 0) is 18.2 Å². The first-order valence-corrected chi connectivity index (χ1v) is 3.70. The molecule has 0 bridgehead atoms. The lowest BCUT2D eigenvalue weighted by atomic mass is 10.2. The van der Waals surface area contributed by atoms with E-state index < -0.39 is 11.6 Å². The zero-order valence-electron chi connectivity index (χ0n) is 6.76. The molecule has 0 aliphatic rings.